The third-order valence-corrected chi connectivity index (χ3v) is 2.55. The quantitative estimate of drug-likeness (QED) is 0.924. The molecule has 0 radical (unpaired) electrons. The fraction of sp³-hybridized carbons (Fsp3) is 0.500. The number of nitrogens with two attached hydrogens (primary N) is 1. The predicted octanol–water partition coefficient (Wildman–Crippen LogP) is 3.04. The summed E-state index contributed by atoms with van der Waals surface area (Å²) >= 11 is 5.93. The third-order valence-electron chi connectivity index (χ3n) is 2.31. The number of carbonyl (C=O) groups excluding carboxylic acids is 1. The Labute approximate surface area is 119 Å². The largest absolute Gasteiger partial charge is 0.444 e. The normalized spacial score (nSPS) is 11.2. The molecule has 5 heteroatoms. The highest BCUT2D eigenvalue weighted by molar-refractivity contribution is 6.30. The lowest BCUT2D eigenvalue weighted by molar-refractivity contribution is 0.0239. The van der Waals surface area contributed by atoms with Gasteiger partial charge in [0.15, 0.2) is 0 Å². The van der Waals surface area contributed by atoms with Crippen LogP contribution in [0.3, 0.4) is 0 Å². The molecule has 0 heterocycles. The van der Waals surface area contributed by atoms with Crippen LogP contribution in [-0.4, -0.2) is 29.7 Å². The molecule has 0 spiro atoms. The number of rotatable bonds is 4. The van der Waals surface area contributed by atoms with Crippen LogP contribution in [0.15, 0.2) is 24.3 Å². The first-order valence-electron chi connectivity index (χ1n) is 6.24. The minimum absolute atomic E-state index is 0.363. The summed E-state index contributed by atoms with van der Waals surface area (Å²) in [4.78, 5) is 13.6. The molecule has 0 saturated carbocycles. The molecule has 0 unspecified atom stereocenters. The van der Waals surface area contributed by atoms with E-state index in [0.717, 1.165) is 5.56 Å². The molecule has 1 amide bonds. The van der Waals surface area contributed by atoms with E-state index in [2.05, 4.69) is 0 Å². The molecule has 0 aliphatic heterocycles. The molecular weight excluding hydrogens is 264 g/mol. The lowest BCUT2D eigenvalue weighted by atomic mass is 10.2. The van der Waals surface area contributed by atoms with E-state index in [1.54, 1.807) is 11.0 Å². The van der Waals surface area contributed by atoms with Crippen molar-refractivity contribution < 1.29 is 9.53 Å². The molecule has 0 aromatic heterocycles. The summed E-state index contributed by atoms with van der Waals surface area (Å²) in [5.74, 6) is 0. The highest BCUT2D eigenvalue weighted by Crippen LogP contribution is 2.15. The van der Waals surface area contributed by atoms with E-state index in [0.29, 0.717) is 24.7 Å². The maximum Gasteiger partial charge on any atom is 0.410 e. The Hall–Kier alpha value is -1.26. The lowest BCUT2D eigenvalue weighted by Gasteiger charge is -2.27. The molecule has 0 atom stereocenters. The topological polar surface area (TPSA) is 55.6 Å². The second-order valence-corrected chi connectivity index (χ2v) is 5.76. The lowest BCUT2D eigenvalue weighted by Crippen LogP contribution is -2.39. The van der Waals surface area contributed by atoms with E-state index in [9.17, 15) is 4.79 Å². The minimum Gasteiger partial charge on any atom is -0.444 e. The van der Waals surface area contributed by atoms with Crippen LogP contribution in [0.1, 0.15) is 26.3 Å². The van der Waals surface area contributed by atoms with Crippen LogP contribution in [0.25, 0.3) is 0 Å². The monoisotopic (exact) mass is 284 g/mol. The summed E-state index contributed by atoms with van der Waals surface area (Å²) in [6.45, 7) is 6.79. The Morgan fingerprint density at radius 3 is 2.63 bits per heavy atom. The van der Waals surface area contributed by atoms with Crippen molar-refractivity contribution in [2.75, 3.05) is 13.1 Å². The van der Waals surface area contributed by atoms with Crippen molar-refractivity contribution in [2.45, 2.75) is 32.9 Å². The zero-order valence-corrected chi connectivity index (χ0v) is 12.4. The number of carbonyl (C=O) groups is 1. The van der Waals surface area contributed by atoms with Gasteiger partial charge in [0.2, 0.25) is 0 Å². The second kappa shape index (κ2) is 6.78. The van der Waals surface area contributed by atoms with Crippen molar-refractivity contribution in [1.82, 2.24) is 4.90 Å². The first-order valence-corrected chi connectivity index (χ1v) is 6.62. The van der Waals surface area contributed by atoms with Crippen LogP contribution in [0.2, 0.25) is 5.02 Å². The van der Waals surface area contributed by atoms with Crippen molar-refractivity contribution >= 4 is 17.7 Å². The average Bonchev–Trinajstić information content (AvgIpc) is 2.26. The number of nitrogens with zero attached hydrogens (tertiary/aromatic N) is 1. The Morgan fingerprint density at radius 2 is 2.11 bits per heavy atom. The SMILES string of the molecule is CC(C)(C)OC(=O)N(CCN)Cc1cccc(Cl)c1. The molecule has 2 N–H and O–H groups in total. The molecule has 1 rings (SSSR count). The van der Waals surface area contributed by atoms with Gasteiger partial charge in [0.25, 0.3) is 0 Å². The summed E-state index contributed by atoms with van der Waals surface area (Å²) in [5, 5.41) is 0.648. The summed E-state index contributed by atoms with van der Waals surface area (Å²) in [5.41, 5.74) is 5.97. The Morgan fingerprint density at radius 1 is 1.42 bits per heavy atom. The van der Waals surface area contributed by atoms with Crippen LogP contribution >= 0.6 is 11.6 Å². The summed E-state index contributed by atoms with van der Waals surface area (Å²) in [6, 6.07) is 7.40. The van der Waals surface area contributed by atoms with E-state index in [4.69, 9.17) is 22.1 Å². The highest BCUT2D eigenvalue weighted by atomic mass is 35.5. The molecule has 0 saturated heterocycles. The van der Waals surface area contributed by atoms with Gasteiger partial charge < -0.3 is 15.4 Å². The Balaban J connectivity index is 2.75. The maximum atomic E-state index is 12.1. The van der Waals surface area contributed by atoms with Gasteiger partial charge in [0, 0.05) is 24.7 Å². The molecule has 4 nitrogen and oxygen atoms in total. The standard InChI is InChI=1S/C14H21ClN2O2/c1-14(2,3)19-13(18)17(8-7-16)10-11-5-4-6-12(15)9-11/h4-6,9H,7-8,10,16H2,1-3H3. The van der Waals surface area contributed by atoms with Gasteiger partial charge in [0.1, 0.15) is 5.60 Å². The maximum absolute atomic E-state index is 12.1. The first-order chi connectivity index (χ1) is 8.81. The first kappa shape index (κ1) is 15.8. The van der Waals surface area contributed by atoms with E-state index in [-0.39, 0.29) is 6.09 Å². The van der Waals surface area contributed by atoms with Crippen LogP contribution in [0.5, 0.6) is 0 Å². The van der Waals surface area contributed by atoms with Crippen LogP contribution in [-0.2, 0) is 11.3 Å². The molecule has 0 aliphatic carbocycles. The molecular formula is C14H21ClN2O2. The fourth-order valence-corrected chi connectivity index (χ4v) is 1.79. The van der Waals surface area contributed by atoms with Crippen LogP contribution in [0.4, 0.5) is 4.79 Å². The van der Waals surface area contributed by atoms with Gasteiger partial charge in [-0.2, -0.15) is 0 Å². The number of hydrogen-bond acceptors (Lipinski definition) is 3. The van der Waals surface area contributed by atoms with Crippen molar-refractivity contribution in [3.8, 4) is 0 Å². The van der Waals surface area contributed by atoms with Gasteiger partial charge >= 0.3 is 6.09 Å². The van der Waals surface area contributed by atoms with Crippen molar-refractivity contribution in [1.29, 1.82) is 0 Å². The van der Waals surface area contributed by atoms with Gasteiger partial charge in [-0.25, -0.2) is 4.79 Å². The van der Waals surface area contributed by atoms with E-state index in [1.807, 2.05) is 39.0 Å². The third kappa shape index (κ3) is 5.94. The molecule has 1 aromatic rings. The van der Waals surface area contributed by atoms with E-state index in [1.165, 1.54) is 0 Å². The van der Waals surface area contributed by atoms with Crippen LogP contribution in [0, 0.1) is 0 Å². The highest BCUT2D eigenvalue weighted by Gasteiger charge is 2.21. The molecule has 1 aromatic carbocycles. The van der Waals surface area contributed by atoms with Crippen molar-refractivity contribution in [3.05, 3.63) is 34.9 Å². The van der Waals surface area contributed by atoms with E-state index < -0.39 is 5.60 Å². The minimum atomic E-state index is -0.516. The second-order valence-electron chi connectivity index (χ2n) is 5.32. The molecule has 19 heavy (non-hydrogen) atoms. The summed E-state index contributed by atoms with van der Waals surface area (Å²) in [7, 11) is 0. The molecule has 0 fully saturated rings. The van der Waals surface area contributed by atoms with Crippen molar-refractivity contribution in [3.63, 3.8) is 0 Å². The van der Waals surface area contributed by atoms with Crippen molar-refractivity contribution in [2.24, 2.45) is 5.73 Å². The molecule has 0 aliphatic rings. The van der Waals surface area contributed by atoms with Gasteiger partial charge in [-0.15, -0.1) is 0 Å². The Bertz CT molecular complexity index is 430. The summed E-state index contributed by atoms with van der Waals surface area (Å²) in [6.07, 6.45) is -0.363. The molecule has 106 valence electrons. The Kier molecular flexibility index (Phi) is 5.63. The van der Waals surface area contributed by atoms with Gasteiger partial charge in [-0.3, -0.25) is 0 Å². The van der Waals surface area contributed by atoms with E-state index >= 15 is 0 Å². The fourth-order valence-electron chi connectivity index (χ4n) is 1.57. The zero-order chi connectivity index (χ0) is 14.5. The zero-order valence-electron chi connectivity index (χ0n) is 11.6. The number of benzene rings is 1. The predicted molar refractivity (Wildman–Crippen MR) is 77.2 cm³/mol. The number of amides is 1. The van der Waals surface area contributed by atoms with Gasteiger partial charge in [-0.1, -0.05) is 23.7 Å². The smallest absolute Gasteiger partial charge is 0.410 e. The summed E-state index contributed by atoms with van der Waals surface area (Å²) < 4.78 is 5.35. The van der Waals surface area contributed by atoms with Crippen LogP contribution < -0.4 is 5.73 Å². The molecule has 0 bridgehead atoms. The van der Waals surface area contributed by atoms with Gasteiger partial charge in [-0.05, 0) is 38.5 Å². The number of hydrogen-bond donors (Lipinski definition) is 1. The van der Waals surface area contributed by atoms with Gasteiger partial charge in [0.05, 0.1) is 0 Å². The number of halogens is 1. The number of ether oxygens (including phenoxy) is 1. The average molecular weight is 285 g/mol.